The fraction of sp³-hybridized carbons (Fsp3) is 0.348. The highest BCUT2D eigenvalue weighted by Gasteiger charge is 2.24. The Kier molecular flexibility index (Phi) is 8.35. The van der Waals surface area contributed by atoms with Gasteiger partial charge in [0.05, 0.1) is 0 Å². The third-order valence-corrected chi connectivity index (χ3v) is 4.76. The van der Waals surface area contributed by atoms with Gasteiger partial charge >= 0.3 is 0 Å². The van der Waals surface area contributed by atoms with Gasteiger partial charge < -0.3 is 20.9 Å². The van der Waals surface area contributed by atoms with E-state index in [0.717, 1.165) is 0 Å². The van der Waals surface area contributed by atoms with E-state index in [1.807, 2.05) is 20.8 Å². The summed E-state index contributed by atoms with van der Waals surface area (Å²) in [4.78, 5) is 33.0. The largest absolute Gasteiger partial charge is 0.394 e. The molecule has 190 valence electrons. The molecule has 3 rings (SSSR count). The third-order valence-electron chi connectivity index (χ3n) is 4.76. The number of nitrogens with one attached hydrogen (secondary N) is 2. The van der Waals surface area contributed by atoms with Gasteiger partial charge in [-0.3, -0.25) is 4.79 Å². The first kappa shape index (κ1) is 26.3. The van der Waals surface area contributed by atoms with Gasteiger partial charge in [0.25, 0.3) is 17.7 Å². The topological polar surface area (TPSA) is 157 Å². The van der Waals surface area contributed by atoms with Crippen LogP contribution in [0.2, 0.25) is 0 Å². The number of rotatable bonds is 9. The summed E-state index contributed by atoms with van der Waals surface area (Å²) in [6, 6.07) is 4.84. The maximum atomic E-state index is 13.3. The van der Waals surface area contributed by atoms with Gasteiger partial charge in [-0.05, 0) is 29.5 Å². The first-order valence-corrected chi connectivity index (χ1v) is 11.0. The Bertz CT molecular complexity index is 1270. The van der Waals surface area contributed by atoms with Crippen molar-refractivity contribution in [3.05, 3.63) is 59.6 Å². The molecule has 1 aromatic carbocycles. The molecule has 0 fully saturated rings. The van der Waals surface area contributed by atoms with Crippen LogP contribution in [0.25, 0.3) is 11.4 Å². The summed E-state index contributed by atoms with van der Waals surface area (Å²) in [7, 11) is 1.71. The molecule has 0 radical (unpaired) electrons. The average molecular weight is 500 g/mol. The SMILES string of the molecule is CN/C=C\C(N)=Nc1ncnc(-c2ccc(CNC(=O)c3noc(C(C)(C)C)n3)c(CC(F)F)c2)n1. The molecule has 0 saturated carbocycles. The van der Waals surface area contributed by atoms with Crippen molar-refractivity contribution in [3.8, 4) is 11.4 Å². The Morgan fingerprint density at radius 3 is 2.67 bits per heavy atom. The standard InChI is InChI=1S/C23H27F2N9O2/c1-23(2,3)21-32-19(34-36-21)20(35)28-11-14-6-5-13(9-15(14)10-16(24)25)18-29-12-30-22(33-18)31-17(26)7-8-27-4/h5-9,12,16,27H,10-11H2,1-4H3,(H,28,35)(H2,26,29,30,31,33)/b8-7-. The number of hydrogen-bond acceptors (Lipinski definition) is 9. The van der Waals surface area contributed by atoms with Crippen molar-refractivity contribution in [1.82, 2.24) is 35.7 Å². The summed E-state index contributed by atoms with van der Waals surface area (Å²) < 4.78 is 31.8. The van der Waals surface area contributed by atoms with E-state index >= 15 is 0 Å². The number of benzene rings is 1. The second-order valence-corrected chi connectivity index (χ2v) is 8.70. The molecule has 2 aromatic heterocycles. The van der Waals surface area contributed by atoms with E-state index in [-0.39, 0.29) is 30.0 Å². The van der Waals surface area contributed by atoms with Crippen LogP contribution in [0.4, 0.5) is 14.7 Å². The van der Waals surface area contributed by atoms with Gasteiger partial charge in [0.1, 0.15) is 12.2 Å². The van der Waals surface area contributed by atoms with Gasteiger partial charge in [-0.1, -0.05) is 38.1 Å². The number of amidine groups is 1. The molecule has 4 N–H and O–H groups in total. The summed E-state index contributed by atoms with van der Waals surface area (Å²) in [5.74, 6) is 0.0835. The van der Waals surface area contributed by atoms with Crippen LogP contribution in [-0.4, -0.2) is 50.3 Å². The Morgan fingerprint density at radius 1 is 1.22 bits per heavy atom. The molecule has 0 saturated heterocycles. The Morgan fingerprint density at radius 2 is 2.00 bits per heavy atom. The van der Waals surface area contributed by atoms with Gasteiger partial charge in [-0.25, -0.2) is 13.8 Å². The number of alkyl halides is 2. The quantitative estimate of drug-likeness (QED) is 0.297. The molecule has 36 heavy (non-hydrogen) atoms. The van der Waals surface area contributed by atoms with Crippen LogP contribution in [0.5, 0.6) is 0 Å². The maximum Gasteiger partial charge on any atom is 0.292 e. The monoisotopic (exact) mass is 499 g/mol. The van der Waals surface area contributed by atoms with Crippen LogP contribution < -0.4 is 16.4 Å². The van der Waals surface area contributed by atoms with E-state index in [9.17, 15) is 13.6 Å². The first-order chi connectivity index (χ1) is 17.1. The van der Waals surface area contributed by atoms with Gasteiger partial charge in [-0.2, -0.15) is 19.9 Å². The van der Waals surface area contributed by atoms with Gasteiger partial charge in [0.15, 0.2) is 5.82 Å². The number of amides is 1. The Balaban J connectivity index is 1.81. The molecule has 1 amide bonds. The minimum Gasteiger partial charge on any atom is -0.394 e. The molecule has 0 bridgehead atoms. The zero-order chi connectivity index (χ0) is 26.3. The fourth-order valence-electron chi connectivity index (χ4n) is 2.97. The van der Waals surface area contributed by atoms with E-state index in [1.165, 1.54) is 12.4 Å². The van der Waals surface area contributed by atoms with Crippen molar-refractivity contribution < 1.29 is 18.1 Å². The molecule has 0 aliphatic carbocycles. The second-order valence-electron chi connectivity index (χ2n) is 8.70. The van der Waals surface area contributed by atoms with Crippen LogP contribution in [0.1, 0.15) is 48.4 Å². The number of halogens is 2. The Hall–Kier alpha value is -4.29. The molecule has 0 aliphatic heterocycles. The van der Waals surface area contributed by atoms with Crippen molar-refractivity contribution in [3.63, 3.8) is 0 Å². The number of carbonyl (C=O) groups excluding carboxylic acids is 1. The zero-order valence-electron chi connectivity index (χ0n) is 20.3. The molecule has 3 aromatic rings. The van der Waals surface area contributed by atoms with E-state index < -0.39 is 24.2 Å². The molecule has 2 heterocycles. The highest BCUT2D eigenvalue weighted by molar-refractivity contribution is 5.92. The predicted molar refractivity (Wildman–Crippen MR) is 129 cm³/mol. The van der Waals surface area contributed by atoms with Crippen LogP contribution in [0.3, 0.4) is 0 Å². The van der Waals surface area contributed by atoms with Crippen molar-refractivity contribution in [2.45, 2.75) is 45.6 Å². The van der Waals surface area contributed by atoms with E-state index in [0.29, 0.717) is 22.6 Å². The summed E-state index contributed by atoms with van der Waals surface area (Å²) in [5.41, 5.74) is 6.69. The lowest BCUT2D eigenvalue weighted by molar-refractivity contribution is 0.0937. The number of carbonyl (C=O) groups is 1. The van der Waals surface area contributed by atoms with Crippen molar-refractivity contribution in [2.75, 3.05) is 7.05 Å². The summed E-state index contributed by atoms with van der Waals surface area (Å²) in [5, 5.41) is 9.13. The summed E-state index contributed by atoms with van der Waals surface area (Å²) in [6.07, 6.45) is 1.27. The molecule has 0 atom stereocenters. The lowest BCUT2D eigenvalue weighted by Crippen LogP contribution is -2.25. The molecule has 0 unspecified atom stereocenters. The summed E-state index contributed by atoms with van der Waals surface area (Å²) >= 11 is 0. The molecular weight excluding hydrogens is 472 g/mol. The lowest BCUT2D eigenvalue weighted by atomic mass is 9.97. The van der Waals surface area contributed by atoms with Gasteiger partial charge in [0.2, 0.25) is 12.3 Å². The number of nitrogens with zero attached hydrogens (tertiary/aromatic N) is 6. The zero-order valence-corrected chi connectivity index (χ0v) is 20.3. The normalized spacial score (nSPS) is 12.4. The van der Waals surface area contributed by atoms with Crippen molar-refractivity contribution in [2.24, 2.45) is 10.7 Å². The predicted octanol–water partition coefficient (Wildman–Crippen LogP) is 2.68. The third kappa shape index (κ3) is 7.10. The molecule has 13 heteroatoms. The Labute approximate surface area is 206 Å². The van der Waals surface area contributed by atoms with Crippen LogP contribution >= 0.6 is 0 Å². The van der Waals surface area contributed by atoms with Gasteiger partial charge in [0, 0.05) is 31.0 Å². The highest BCUT2D eigenvalue weighted by atomic mass is 19.3. The number of aliphatic imine (C=N–C) groups is 1. The number of aromatic nitrogens is 5. The minimum atomic E-state index is -2.60. The molecule has 0 spiro atoms. The number of nitrogens with two attached hydrogens (primary N) is 1. The molecular formula is C23H27F2N9O2. The smallest absolute Gasteiger partial charge is 0.292 e. The highest BCUT2D eigenvalue weighted by Crippen LogP contribution is 2.23. The minimum absolute atomic E-state index is 0.0123. The van der Waals surface area contributed by atoms with Crippen LogP contribution in [-0.2, 0) is 18.4 Å². The fourth-order valence-corrected chi connectivity index (χ4v) is 2.97. The summed E-state index contributed by atoms with van der Waals surface area (Å²) in [6.45, 7) is 5.61. The van der Waals surface area contributed by atoms with Crippen molar-refractivity contribution in [1.29, 1.82) is 0 Å². The first-order valence-electron chi connectivity index (χ1n) is 11.0. The maximum absolute atomic E-state index is 13.3. The number of hydrogen-bond donors (Lipinski definition) is 3. The van der Waals surface area contributed by atoms with E-state index in [1.54, 1.807) is 31.4 Å². The van der Waals surface area contributed by atoms with Crippen LogP contribution in [0.15, 0.2) is 46.3 Å². The van der Waals surface area contributed by atoms with Crippen molar-refractivity contribution >= 4 is 17.7 Å². The van der Waals surface area contributed by atoms with Crippen LogP contribution in [0, 0.1) is 0 Å². The second kappa shape index (κ2) is 11.4. The van der Waals surface area contributed by atoms with E-state index in [2.05, 4.69) is 40.7 Å². The van der Waals surface area contributed by atoms with Gasteiger partial charge in [-0.15, -0.1) is 0 Å². The lowest BCUT2D eigenvalue weighted by Gasteiger charge is -2.12. The molecule has 0 aliphatic rings. The van der Waals surface area contributed by atoms with E-state index in [4.69, 9.17) is 10.3 Å². The molecule has 11 nitrogen and oxygen atoms in total. The average Bonchev–Trinajstić information content (AvgIpc) is 3.33.